The normalized spacial score (nSPS) is 17.3. The van der Waals surface area contributed by atoms with Crippen molar-refractivity contribution in [2.75, 3.05) is 18.4 Å². The van der Waals surface area contributed by atoms with Gasteiger partial charge in [-0.2, -0.15) is 4.31 Å². The van der Waals surface area contributed by atoms with Crippen molar-refractivity contribution >= 4 is 21.6 Å². The predicted molar refractivity (Wildman–Crippen MR) is 96.5 cm³/mol. The Morgan fingerprint density at radius 1 is 1.08 bits per heavy atom. The van der Waals surface area contributed by atoms with Crippen molar-refractivity contribution in [2.24, 2.45) is 5.41 Å². The van der Waals surface area contributed by atoms with E-state index < -0.39 is 15.4 Å². The van der Waals surface area contributed by atoms with Gasteiger partial charge in [-0.25, -0.2) is 8.42 Å². The molecule has 0 aromatic heterocycles. The number of nitrogens with one attached hydrogen (secondary N) is 1. The first-order valence-corrected chi connectivity index (χ1v) is 9.98. The lowest BCUT2D eigenvalue weighted by atomic mass is 9.95. The van der Waals surface area contributed by atoms with Gasteiger partial charge >= 0.3 is 0 Å². The number of hydrogen-bond donors (Lipinski definition) is 1. The first kappa shape index (κ1) is 18.9. The highest BCUT2D eigenvalue weighted by Gasteiger charge is 2.27. The minimum Gasteiger partial charge on any atom is -0.326 e. The predicted octanol–water partition coefficient (Wildman–Crippen LogP) is 3.54. The van der Waals surface area contributed by atoms with E-state index in [1.807, 2.05) is 20.8 Å². The maximum Gasteiger partial charge on any atom is 0.243 e. The van der Waals surface area contributed by atoms with Crippen LogP contribution in [0.1, 0.15) is 52.0 Å². The van der Waals surface area contributed by atoms with E-state index in [4.69, 9.17) is 0 Å². The molecule has 0 radical (unpaired) electrons. The van der Waals surface area contributed by atoms with Gasteiger partial charge in [0.15, 0.2) is 0 Å². The van der Waals surface area contributed by atoms with E-state index in [0.717, 1.165) is 25.7 Å². The first-order valence-electron chi connectivity index (χ1n) is 8.54. The van der Waals surface area contributed by atoms with Crippen LogP contribution in [0.4, 0.5) is 5.69 Å². The molecule has 0 unspecified atom stereocenters. The van der Waals surface area contributed by atoms with E-state index in [0.29, 0.717) is 24.3 Å². The maximum absolute atomic E-state index is 13.0. The molecule has 1 fully saturated rings. The second-order valence-electron chi connectivity index (χ2n) is 7.50. The van der Waals surface area contributed by atoms with Crippen molar-refractivity contribution in [1.29, 1.82) is 0 Å². The largest absolute Gasteiger partial charge is 0.326 e. The Morgan fingerprint density at radius 2 is 1.67 bits per heavy atom. The molecular formula is C18H28N2O3S. The molecular weight excluding hydrogens is 324 g/mol. The summed E-state index contributed by atoms with van der Waals surface area (Å²) in [5.41, 5.74) is 0.691. The van der Waals surface area contributed by atoms with Crippen molar-refractivity contribution in [3.8, 4) is 0 Å². The molecule has 2 rings (SSSR count). The molecule has 1 aromatic carbocycles. The van der Waals surface area contributed by atoms with Crippen LogP contribution in [0.2, 0.25) is 0 Å². The second-order valence-corrected chi connectivity index (χ2v) is 9.41. The van der Waals surface area contributed by atoms with Crippen molar-refractivity contribution < 1.29 is 13.2 Å². The Bertz CT molecular complexity index is 697. The zero-order valence-corrected chi connectivity index (χ0v) is 15.9. The van der Waals surface area contributed by atoms with Gasteiger partial charge in [0, 0.05) is 24.2 Å². The van der Waals surface area contributed by atoms with Gasteiger partial charge in [0.2, 0.25) is 15.9 Å². The van der Waals surface area contributed by atoms with E-state index in [1.54, 1.807) is 29.4 Å². The number of rotatable bonds is 3. The summed E-state index contributed by atoms with van der Waals surface area (Å²) in [5.74, 6) is -0.135. The molecule has 5 nitrogen and oxygen atoms in total. The molecule has 1 aliphatic heterocycles. The lowest BCUT2D eigenvalue weighted by Gasteiger charge is -2.22. The number of carbonyl (C=O) groups is 1. The van der Waals surface area contributed by atoms with Crippen molar-refractivity contribution in [3.63, 3.8) is 0 Å². The van der Waals surface area contributed by atoms with Gasteiger partial charge in [-0.3, -0.25) is 4.79 Å². The summed E-state index contributed by atoms with van der Waals surface area (Å²) in [6.07, 6.45) is 3.96. The Morgan fingerprint density at radius 3 is 2.21 bits per heavy atom. The van der Waals surface area contributed by atoms with Gasteiger partial charge in [-0.15, -0.1) is 0 Å². The summed E-state index contributed by atoms with van der Waals surface area (Å²) in [6, 6.07) is 5.09. The Balaban J connectivity index is 2.32. The Kier molecular flexibility index (Phi) is 5.71. The number of aryl methyl sites for hydroxylation is 1. The molecule has 0 spiro atoms. The number of nitrogens with zero attached hydrogens (tertiary/aromatic N) is 1. The van der Waals surface area contributed by atoms with E-state index >= 15 is 0 Å². The van der Waals surface area contributed by atoms with Crippen LogP contribution in [-0.4, -0.2) is 31.7 Å². The van der Waals surface area contributed by atoms with Crippen LogP contribution in [0.25, 0.3) is 0 Å². The second kappa shape index (κ2) is 7.23. The highest BCUT2D eigenvalue weighted by molar-refractivity contribution is 7.89. The quantitative estimate of drug-likeness (QED) is 0.905. The molecule has 1 amide bonds. The molecule has 1 heterocycles. The minimum atomic E-state index is -3.53. The Hall–Kier alpha value is -1.40. The van der Waals surface area contributed by atoms with Crippen molar-refractivity contribution in [2.45, 2.75) is 58.3 Å². The average Bonchev–Trinajstić information content (AvgIpc) is 2.77. The first-order chi connectivity index (χ1) is 11.1. The number of sulfonamides is 1. The number of anilines is 1. The molecule has 1 aromatic rings. The van der Waals surface area contributed by atoms with Crippen LogP contribution in [0.5, 0.6) is 0 Å². The van der Waals surface area contributed by atoms with Crippen LogP contribution < -0.4 is 5.32 Å². The molecule has 134 valence electrons. The fourth-order valence-electron chi connectivity index (χ4n) is 2.70. The zero-order chi connectivity index (χ0) is 18.0. The zero-order valence-electron chi connectivity index (χ0n) is 15.1. The molecule has 1 N–H and O–H groups in total. The van der Waals surface area contributed by atoms with Gasteiger partial charge in [0.1, 0.15) is 0 Å². The van der Waals surface area contributed by atoms with Crippen LogP contribution in [0.3, 0.4) is 0 Å². The summed E-state index contributed by atoms with van der Waals surface area (Å²) in [5, 5.41) is 2.81. The molecule has 0 saturated carbocycles. The van der Waals surface area contributed by atoms with Gasteiger partial charge in [-0.1, -0.05) is 39.7 Å². The van der Waals surface area contributed by atoms with Crippen LogP contribution in [-0.2, 0) is 14.8 Å². The lowest BCUT2D eigenvalue weighted by molar-refractivity contribution is -0.123. The van der Waals surface area contributed by atoms with Crippen LogP contribution >= 0.6 is 0 Å². The number of hydrogen-bond acceptors (Lipinski definition) is 3. The highest BCUT2D eigenvalue weighted by atomic mass is 32.2. The van der Waals surface area contributed by atoms with Gasteiger partial charge in [0.05, 0.1) is 4.90 Å². The van der Waals surface area contributed by atoms with Crippen LogP contribution in [0.15, 0.2) is 23.1 Å². The monoisotopic (exact) mass is 352 g/mol. The van der Waals surface area contributed by atoms with Crippen LogP contribution in [0, 0.1) is 12.3 Å². The summed E-state index contributed by atoms with van der Waals surface area (Å²) < 4.78 is 27.6. The topological polar surface area (TPSA) is 66.5 Å². The van der Waals surface area contributed by atoms with E-state index in [9.17, 15) is 13.2 Å². The number of benzene rings is 1. The number of carbonyl (C=O) groups excluding carboxylic acids is 1. The van der Waals surface area contributed by atoms with E-state index in [1.165, 1.54) is 0 Å². The third-order valence-corrected chi connectivity index (χ3v) is 6.35. The molecule has 6 heteroatoms. The van der Waals surface area contributed by atoms with E-state index in [-0.39, 0.29) is 10.8 Å². The summed E-state index contributed by atoms with van der Waals surface area (Å²) in [4.78, 5) is 12.4. The minimum absolute atomic E-state index is 0.135. The molecule has 1 saturated heterocycles. The smallest absolute Gasteiger partial charge is 0.243 e. The SMILES string of the molecule is Cc1ccc(NC(=O)C(C)(C)C)cc1S(=O)(=O)N1CCCCCC1. The lowest BCUT2D eigenvalue weighted by Crippen LogP contribution is -2.32. The third kappa shape index (κ3) is 4.36. The van der Waals surface area contributed by atoms with Gasteiger partial charge in [0.25, 0.3) is 0 Å². The third-order valence-electron chi connectivity index (χ3n) is 4.31. The standard InChI is InChI=1S/C18H28N2O3S/c1-14-9-10-15(19-17(21)18(2,3)4)13-16(14)24(22,23)20-11-7-5-6-8-12-20/h9-10,13H,5-8,11-12H2,1-4H3,(H,19,21). The maximum atomic E-state index is 13.0. The highest BCUT2D eigenvalue weighted by Crippen LogP contribution is 2.26. The summed E-state index contributed by atoms with van der Waals surface area (Å²) in [6.45, 7) is 8.41. The molecule has 24 heavy (non-hydrogen) atoms. The fraction of sp³-hybridized carbons (Fsp3) is 0.611. The van der Waals surface area contributed by atoms with Crippen molar-refractivity contribution in [3.05, 3.63) is 23.8 Å². The molecule has 1 aliphatic rings. The Labute approximate surface area is 145 Å². The molecule has 0 bridgehead atoms. The van der Waals surface area contributed by atoms with Gasteiger partial charge < -0.3 is 5.32 Å². The molecule has 0 atom stereocenters. The summed E-state index contributed by atoms with van der Waals surface area (Å²) >= 11 is 0. The average molecular weight is 353 g/mol. The molecule has 0 aliphatic carbocycles. The fourth-order valence-corrected chi connectivity index (χ4v) is 4.46. The van der Waals surface area contributed by atoms with E-state index in [2.05, 4.69) is 5.32 Å². The number of amides is 1. The van der Waals surface area contributed by atoms with Crippen molar-refractivity contribution in [1.82, 2.24) is 4.31 Å². The summed E-state index contributed by atoms with van der Waals surface area (Å²) in [7, 11) is -3.53. The van der Waals surface area contributed by atoms with Gasteiger partial charge in [-0.05, 0) is 37.5 Å².